The van der Waals surface area contributed by atoms with Gasteiger partial charge >= 0.3 is 6.01 Å². The van der Waals surface area contributed by atoms with Gasteiger partial charge in [0.2, 0.25) is 11.2 Å². The van der Waals surface area contributed by atoms with Crippen LogP contribution in [0, 0.1) is 0 Å². The lowest BCUT2D eigenvalue weighted by Gasteiger charge is -2.04. The van der Waals surface area contributed by atoms with Crippen LogP contribution < -0.4 is 10.1 Å². The Morgan fingerprint density at radius 3 is 2.88 bits per heavy atom. The fraction of sp³-hybridized carbons (Fsp3) is 0.333. The highest BCUT2D eigenvalue weighted by Gasteiger charge is 2.07. The van der Waals surface area contributed by atoms with Gasteiger partial charge in [0.1, 0.15) is 0 Å². The lowest BCUT2D eigenvalue weighted by Crippen LogP contribution is -2.04. The smallest absolute Gasteiger partial charge is 0.328 e. The van der Waals surface area contributed by atoms with Crippen LogP contribution in [0.2, 0.25) is 5.28 Å². The van der Waals surface area contributed by atoms with E-state index in [1.807, 2.05) is 6.92 Å². The van der Waals surface area contributed by atoms with Crippen molar-refractivity contribution < 1.29 is 4.74 Å². The zero-order valence-electron chi connectivity index (χ0n) is 9.38. The molecule has 0 radical (unpaired) electrons. The molecule has 0 saturated heterocycles. The molecule has 0 aromatic carbocycles. The summed E-state index contributed by atoms with van der Waals surface area (Å²) >= 11 is 5.75. The van der Waals surface area contributed by atoms with Crippen molar-refractivity contribution in [2.24, 2.45) is 7.05 Å². The number of hydrogen-bond donors (Lipinski definition) is 1. The molecule has 0 bridgehead atoms. The molecule has 7 nitrogen and oxygen atoms in total. The molecule has 17 heavy (non-hydrogen) atoms. The minimum Gasteiger partial charge on any atom is -0.421 e. The van der Waals surface area contributed by atoms with E-state index in [1.54, 1.807) is 24.1 Å². The first kappa shape index (κ1) is 11.6. The number of aromatic nitrogens is 5. The fourth-order valence-corrected chi connectivity index (χ4v) is 1.32. The molecule has 2 aromatic rings. The van der Waals surface area contributed by atoms with E-state index in [2.05, 4.69) is 25.4 Å². The summed E-state index contributed by atoms with van der Waals surface area (Å²) in [5.41, 5.74) is 0. The van der Waals surface area contributed by atoms with Gasteiger partial charge in [-0.2, -0.15) is 20.1 Å². The molecule has 2 rings (SSSR count). The van der Waals surface area contributed by atoms with Crippen LogP contribution in [-0.4, -0.2) is 31.3 Å². The van der Waals surface area contributed by atoms with Gasteiger partial charge < -0.3 is 10.1 Å². The van der Waals surface area contributed by atoms with Crippen LogP contribution in [0.5, 0.6) is 11.8 Å². The van der Waals surface area contributed by atoms with Crippen molar-refractivity contribution in [2.45, 2.75) is 6.92 Å². The average Bonchev–Trinajstić information content (AvgIpc) is 2.63. The predicted octanol–water partition coefficient (Wildman–Crippen LogP) is 1.48. The van der Waals surface area contributed by atoms with Gasteiger partial charge in [-0.3, -0.25) is 4.68 Å². The Morgan fingerprint density at radius 1 is 1.41 bits per heavy atom. The van der Waals surface area contributed by atoms with Crippen LogP contribution in [0.1, 0.15) is 6.92 Å². The maximum Gasteiger partial charge on any atom is 0.328 e. The minimum absolute atomic E-state index is 0.0786. The van der Waals surface area contributed by atoms with Crippen molar-refractivity contribution in [2.75, 3.05) is 11.9 Å². The molecule has 8 heteroatoms. The third-order valence-electron chi connectivity index (χ3n) is 1.81. The number of aryl methyl sites for hydroxylation is 1. The van der Waals surface area contributed by atoms with Gasteiger partial charge in [0.05, 0.1) is 12.4 Å². The first-order valence-electron chi connectivity index (χ1n) is 4.99. The summed E-state index contributed by atoms with van der Waals surface area (Å²) in [7, 11) is 1.79. The van der Waals surface area contributed by atoms with Crippen molar-refractivity contribution in [3.8, 4) is 11.8 Å². The standard InChI is InChI=1S/C9H11ClN6O/c1-3-11-8-13-7(10)14-9(15-8)17-6-4-12-16(2)5-6/h4-5H,3H2,1-2H3,(H,11,13,14,15). The number of rotatable bonds is 4. The van der Waals surface area contributed by atoms with E-state index in [0.29, 0.717) is 18.2 Å². The summed E-state index contributed by atoms with van der Waals surface area (Å²) in [4.78, 5) is 11.8. The maximum atomic E-state index is 5.75. The molecule has 0 aliphatic carbocycles. The van der Waals surface area contributed by atoms with Crippen LogP contribution in [0.3, 0.4) is 0 Å². The van der Waals surface area contributed by atoms with Crippen molar-refractivity contribution >= 4 is 17.5 Å². The highest BCUT2D eigenvalue weighted by atomic mass is 35.5. The molecule has 2 heterocycles. The molecule has 0 unspecified atom stereocenters. The summed E-state index contributed by atoms with van der Waals surface area (Å²) in [5, 5.41) is 6.98. The van der Waals surface area contributed by atoms with Crippen LogP contribution in [-0.2, 0) is 7.05 Å². The second-order valence-electron chi connectivity index (χ2n) is 3.19. The zero-order valence-corrected chi connectivity index (χ0v) is 10.1. The van der Waals surface area contributed by atoms with Crippen LogP contribution in [0.15, 0.2) is 12.4 Å². The fourth-order valence-electron chi connectivity index (χ4n) is 1.17. The lowest BCUT2D eigenvalue weighted by atomic mass is 10.6. The summed E-state index contributed by atoms with van der Waals surface area (Å²) in [5.74, 6) is 0.920. The Labute approximate surface area is 103 Å². The first-order valence-corrected chi connectivity index (χ1v) is 5.37. The van der Waals surface area contributed by atoms with E-state index in [1.165, 1.54) is 0 Å². The molecule has 0 atom stereocenters. The number of nitrogens with one attached hydrogen (secondary N) is 1. The molecule has 90 valence electrons. The van der Waals surface area contributed by atoms with Crippen molar-refractivity contribution in [1.82, 2.24) is 24.7 Å². The normalized spacial score (nSPS) is 10.3. The zero-order chi connectivity index (χ0) is 12.3. The molecule has 0 saturated carbocycles. The first-order chi connectivity index (χ1) is 8.17. The van der Waals surface area contributed by atoms with Crippen molar-refractivity contribution in [1.29, 1.82) is 0 Å². The molecular formula is C9H11ClN6O. The van der Waals surface area contributed by atoms with E-state index >= 15 is 0 Å². The Kier molecular flexibility index (Phi) is 3.38. The third-order valence-corrected chi connectivity index (χ3v) is 1.98. The topological polar surface area (TPSA) is 77.8 Å². The van der Waals surface area contributed by atoms with E-state index in [4.69, 9.17) is 16.3 Å². The second-order valence-corrected chi connectivity index (χ2v) is 3.53. The number of hydrogen-bond acceptors (Lipinski definition) is 6. The van der Waals surface area contributed by atoms with Gasteiger partial charge in [0, 0.05) is 13.6 Å². The Balaban J connectivity index is 2.20. The van der Waals surface area contributed by atoms with Crippen LogP contribution in [0.4, 0.5) is 5.95 Å². The Hall–Kier alpha value is -1.89. The highest BCUT2D eigenvalue weighted by molar-refractivity contribution is 6.28. The van der Waals surface area contributed by atoms with Crippen molar-refractivity contribution in [3.05, 3.63) is 17.7 Å². The number of anilines is 1. The average molecular weight is 255 g/mol. The van der Waals surface area contributed by atoms with Crippen LogP contribution >= 0.6 is 11.6 Å². The molecule has 0 amide bonds. The quantitative estimate of drug-likeness (QED) is 0.891. The monoisotopic (exact) mass is 254 g/mol. The van der Waals surface area contributed by atoms with E-state index in [9.17, 15) is 0 Å². The summed E-state index contributed by atoms with van der Waals surface area (Å²) in [6.07, 6.45) is 3.26. The van der Waals surface area contributed by atoms with Gasteiger partial charge in [-0.05, 0) is 18.5 Å². The number of ether oxygens (including phenoxy) is 1. The Bertz CT molecular complexity index is 514. The van der Waals surface area contributed by atoms with Crippen LogP contribution in [0.25, 0.3) is 0 Å². The number of halogens is 1. The maximum absolute atomic E-state index is 5.75. The summed E-state index contributed by atoms with van der Waals surface area (Å²) in [6.45, 7) is 2.62. The molecule has 0 aliphatic heterocycles. The largest absolute Gasteiger partial charge is 0.421 e. The molecule has 2 aromatic heterocycles. The minimum atomic E-state index is 0.0786. The van der Waals surface area contributed by atoms with Gasteiger partial charge in [0.25, 0.3) is 0 Å². The summed E-state index contributed by atoms with van der Waals surface area (Å²) in [6, 6.07) is 0.133. The van der Waals surface area contributed by atoms with Gasteiger partial charge in [0.15, 0.2) is 5.75 Å². The SMILES string of the molecule is CCNc1nc(Cl)nc(Oc2cnn(C)c2)n1. The molecule has 0 aliphatic rings. The van der Waals surface area contributed by atoms with E-state index < -0.39 is 0 Å². The molecular weight excluding hydrogens is 244 g/mol. The predicted molar refractivity (Wildman–Crippen MR) is 62.3 cm³/mol. The van der Waals surface area contributed by atoms with Gasteiger partial charge in [-0.15, -0.1) is 0 Å². The molecule has 0 fully saturated rings. The number of nitrogens with zero attached hydrogens (tertiary/aromatic N) is 5. The second kappa shape index (κ2) is 4.96. The highest BCUT2D eigenvalue weighted by Crippen LogP contribution is 2.18. The van der Waals surface area contributed by atoms with Crippen molar-refractivity contribution in [3.63, 3.8) is 0 Å². The summed E-state index contributed by atoms with van der Waals surface area (Å²) < 4.78 is 7.01. The van der Waals surface area contributed by atoms with E-state index in [0.717, 1.165) is 0 Å². The Morgan fingerprint density at radius 2 is 2.24 bits per heavy atom. The van der Waals surface area contributed by atoms with Gasteiger partial charge in [-0.1, -0.05) is 0 Å². The third kappa shape index (κ3) is 3.04. The molecule has 1 N–H and O–H groups in total. The lowest BCUT2D eigenvalue weighted by molar-refractivity contribution is 0.440. The van der Waals surface area contributed by atoms with Gasteiger partial charge in [-0.25, -0.2) is 0 Å². The van der Waals surface area contributed by atoms with E-state index in [-0.39, 0.29) is 11.3 Å². The molecule has 0 spiro atoms.